The number of nitro groups is 1. The summed E-state index contributed by atoms with van der Waals surface area (Å²) >= 11 is 0. The maximum atomic E-state index is 11.2. The molecule has 1 unspecified atom stereocenters. The van der Waals surface area contributed by atoms with E-state index < -0.39 is 16.9 Å². The lowest BCUT2D eigenvalue weighted by Gasteiger charge is -2.32. The lowest BCUT2D eigenvalue weighted by Crippen LogP contribution is -2.46. The number of benzene rings is 1. The molecule has 21 heavy (non-hydrogen) atoms. The Morgan fingerprint density at radius 1 is 1.43 bits per heavy atom. The van der Waals surface area contributed by atoms with Crippen LogP contribution >= 0.6 is 0 Å². The summed E-state index contributed by atoms with van der Waals surface area (Å²) in [7, 11) is 0. The van der Waals surface area contributed by atoms with E-state index >= 15 is 0 Å². The molecule has 0 amide bonds. The van der Waals surface area contributed by atoms with Gasteiger partial charge in [-0.15, -0.1) is 0 Å². The molecule has 1 aromatic carbocycles. The third-order valence-corrected chi connectivity index (χ3v) is 3.60. The standard InChI is InChI=1S/C14H18N2O5/c17-14(18)12-6-3-4-8-15(12)9-10-21-13-7-2-1-5-11(13)16(19)20/h1-2,5,7,12H,3-4,6,8-10H2,(H,17,18). The van der Waals surface area contributed by atoms with Crippen molar-refractivity contribution < 1.29 is 19.6 Å². The van der Waals surface area contributed by atoms with Crippen LogP contribution in [-0.4, -0.2) is 46.6 Å². The van der Waals surface area contributed by atoms with Crippen molar-refractivity contribution in [1.82, 2.24) is 4.90 Å². The Balaban J connectivity index is 1.92. The smallest absolute Gasteiger partial charge is 0.320 e. The third kappa shape index (κ3) is 3.91. The van der Waals surface area contributed by atoms with Crippen LogP contribution in [0, 0.1) is 10.1 Å². The number of piperidine rings is 1. The molecule has 1 saturated heterocycles. The molecule has 0 saturated carbocycles. The maximum Gasteiger partial charge on any atom is 0.320 e. The van der Waals surface area contributed by atoms with Gasteiger partial charge in [0.1, 0.15) is 12.6 Å². The average molecular weight is 294 g/mol. The van der Waals surface area contributed by atoms with E-state index in [0.717, 1.165) is 19.4 Å². The van der Waals surface area contributed by atoms with Gasteiger partial charge in [0.05, 0.1) is 4.92 Å². The first kappa shape index (κ1) is 15.2. The van der Waals surface area contributed by atoms with Crippen molar-refractivity contribution >= 4 is 11.7 Å². The Hall–Kier alpha value is -2.15. The molecule has 1 fully saturated rings. The normalized spacial score (nSPS) is 19.1. The Kier molecular flexibility index (Phi) is 5.10. The minimum Gasteiger partial charge on any atom is -0.485 e. The van der Waals surface area contributed by atoms with Crippen LogP contribution in [-0.2, 0) is 4.79 Å². The van der Waals surface area contributed by atoms with E-state index in [2.05, 4.69) is 0 Å². The summed E-state index contributed by atoms with van der Waals surface area (Å²) in [6.45, 7) is 1.40. The summed E-state index contributed by atoms with van der Waals surface area (Å²) in [5, 5.41) is 20.0. The van der Waals surface area contributed by atoms with Gasteiger partial charge in [-0.2, -0.15) is 0 Å². The van der Waals surface area contributed by atoms with Crippen molar-refractivity contribution in [3.05, 3.63) is 34.4 Å². The lowest BCUT2D eigenvalue weighted by atomic mass is 10.0. The van der Waals surface area contributed by atoms with Crippen molar-refractivity contribution in [2.24, 2.45) is 0 Å². The Labute approximate surface area is 122 Å². The van der Waals surface area contributed by atoms with Crippen LogP contribution in [0.25, 0.3) is 0 Å². The van der Waals surface area contributed by atoms with Crippen molar-refractivity contribution in [1.29, 1.82) is 0 Å². The number of carboxylic acid groups (broad SMARTS) is 1. The third-order valence-electron chi connectivity index (χ3n) is 3.60. The minimum atomic E-state index is -0.819. The van der Waals surface area contributed by atoms with Crippen LogP contribution in [0.5, 0.6) is 5.75 Å². The van der Waals surface area contributed by atoms with Gasteiger partial charge >= 0.3 is 11.7 Å². The van der Waals surface area contributed by atoms with Gasteiger partial charge in [0.25, 0.3) is 0 Å². The molecule has 0 bridgehead atoms. The number of nitrogens with zero attached hydrogens (tertiary/aromatic N) is 2. The fourth-order valence-corrected chi connectivity index (χ4v) is 2.54. The molecule has 1 aliphatic heterocycles. The monoisotopic (exact) mass is 294 g/mol. The van der Waals surface area contributed by atoms with Crippen LogP contribution in [0.4, 0.5) is 5.69 Å². The van der Waals surface area contributed by atoms with Crippen LogP contribution in [0.3, 0.4) is 0 Å². The summed E-state index contributed by atoms with van der Waals surface area (Å²) in [6, 6.07) is 5.70. The van der Waals surface area contributed by atoms with Gasteiger partial charge in [-0.1, -0.05) is 18.6 Å². The van der Waals surface area contributed by atoms with Gasteiger partial charge < -0.3 is 9.84 Å². The highest BCUT2D eigenvalue weighted by molar-refractivity contribution is 5.73. The van der Waals surface area contributed by atoms with E-state index in [-0.39, 0.29) is 18.0 Å². The summed E-state index contributed by atoms with van der Waals surface area (Å²) in [4.78, 5) is 23.4. The summed E-state index contributed by atoms with van der Waals surface area (Å²) < 4.78 is 5.45. The maximum absolute atomic E-state index is 11.2. The first-order chi connectivity index (χ1) is 10.1. The van der Waals surface area contributed by atoms with E-state index in [1.54, 1.807) is 18.2 Å². The minimum absolute atomic E-state index is 0.0778. The van der Waals surface area contributed by atoms with Crippen molar-refractivity contribution in [3.8, 4) is 5.75 Å². The van der Waals surface area contributed by atoms with Gasteiger partial charge in [0.2, 0.25) is 0 Å². The van der Waals surface area contributed by atoms with Crippen molar-refractivity contribution in [3.63, 3.8) is 0 Å². The fourth-order valence-electron chi connectivity index (χ4n) is 2.54. The Morgan fingerprint density at radius 2 is 2.19 bits per heavy atom. The molecule has 1 heterocycles. The molecule has 0 spiro atoms. The molecule has 0 aromatic heterocycles. The number of para-hydroxylation sites is 2. The molecule has 1 aromatic rings. The van der Waals surface area contributed by atoms with Gasteiger partial charge in [-0.25, -0.2) is 0 Å². The second-order valence-corrected chi connectivity index (χ2v) is 4.96. The molecule has 1 aliphatic rings. The number of aliphatic carboxylic acids is 1. The largest absolute Gasteiger partial charge is 0.485 e. The highest BCUT2D eigenvalue weighted by Crippen LogP contribution is 2.26. The zero-order valence-electron chi connectivity index (χ0n) is 11.6. The van der Waals surface area contributed by atoms with Gasteiger partial charge in [-0.05, 0) is 25.5 Å². The highest BCUT2D eigenvalue weighted by Gasteiger charge is 2.28. The van der Waals surface area contributed by atoms with Gasteiger partial charge in [0.15, 0.2) is 5.75 Å². The first-order valence-corrected chi connectivity index (χ1v) is 6.92. The zero-order chi connectivity index (χ0) is 15.2. The van der Waals surface area contributed by atoms with E-state index in [4.69, 9.17) is 4.74 Å². The SMILES string of the molecule is O=C(O)C1CCCCN1CCOc1ccccc1[N+](=O)[O-]. The number of carbonyl (C=O) groups is 1. The quantitative estimate of drug-likeness (QED) is 0.636. The van der Waals surface area contributed by atoms with Crippen molar-refractivity contribution in [2.75, 3.05) is 19.7 Å². The van der Waals surface area contributed by atoms with Gasteiger partial charge in [0, 0.05) is 12.6 Å². The molecule has 1 N–H and O–H groups in total. The molecule has 1 atom stereocenters. The number of ether oxygens (including phenoxy) is 1. The Bertz CT molecular complexity index is 520. The van der Waals surface area contributed by atoms with Crippen LogP contribution in [0.15, 0.2) is 24.3 Å². The fraction of sp³-hybridized carbons (Fsp3) is 0.500. The van der Waals surface area contributed by atoms with Crippen LogP contribution in [0.1, 0.15) is 19.3 Å². The lowest BCUT2D eigenvalue weighted by molar-refractivity contribution is -0.385. The van der Waals surface area contributed by atoms with E-state index in [9.17, 15) is 20.0 Å². The van der Waals surface area contributed by atoms with Crippen LogP contribution in [0.2, 0.25) is 0 Å². The highest BCUT2D eigenvalue weighted by atomic mass is 16.6. The molecule has 114 valence electrons. The molecule has 0 radical (unpaired) electrons. The Morgan fingerprint density at radius 3 is 2.90 bits per heavy atom. The van der Waals surface area contributed by atoms with Crippen molar-refractivity contribution in [2.45, 2.75) is 25.3 Å². The molecule has 7 nitrogen and oxygen atoms in total. The zero-order valence-corrected chi connectivity index (χ0v) is 11.6. The second-order valence-electron chi connectivity index (χ2n) is 4.96. The predicted molar refractivity (Wildman–Crippen MR) is 75.4 cm³/mol. The predicted octanol–water partition coefficient (Wildman–Crippen LogP) is 1.91. The second kappa shape index (κ2) is 7.03. The summed E-state index contributed by atoms with van der Waals surface area (Å²) in [5.74, 6) is -0.605. The average Bonchev–Trinajstić information content (AvgIpc) is 2.48. The molecule has 2 rings (SSSR count). The number of nitro benzene ring substituents is 1. The first-order valence-electron chi connectivity index (χ1n) is 6.92. The van der Waals surface area contributed by atoms with E-state index in [0.29, 0.717) is 13.0 Å². The molecule has 0 aliphatic carbocycles. The summed E-state index contributed by atoms with van der Waals surface area (Å²) in [6.07, 6.45) is 2.52. The molecule has 7 heteroatoms. The molecular formula is C14H18N2O5. The van der Waals surface area contributed by atoms with Crippen LogP contribution < -0.4 is 4.74 Å². The van der Waals surface area contributed by atoms with Gasteiger partial charge in [-0.3, -0.25) is 19.8 Å². The number of likely N-dealkylation sites (tertiary alicyclic amines) is 1. The number of hydrogen-bond acceptors (Lipinski definition) is 5. The number of rotatable bonds is 6. The van der Waals surface area contributed by atoms with E-state index in [1.165, 1.54) is 6.07 Å². The molecular weight excluding hydrogens is 276 g/mol. The summed E-state index contributed by atoms with van der Waals surface area (Å²) in [5.41, 5.74) is -0.0778. The van der Waals surface area contributed by atoms with E-state index in [1.807, 2.05) is 4.90 Å². The number of hydrogen-bond donors (Lipinski definition) is 1. The topological polar surface area (TPSA) is 92.9 Å². The number of carboxylic acids is 1.